The zero-order chi connectivity index (χ0) is 36.7. The van der Waals surface area contributed by atoms with Crippen LogP contribution in [0.3, 0.4) is 0 Å². The quantitative estimate of drug-likeness (QED) is 0.335. The van der Waals surface area contributed by atoms with Gasteiger partial charge in [0.2, 0.25) is 15.9 Å². The molecule has 6 rings (SSSR count). The van der Waals surface area contributed by atoms with E-state index in [0.29, 0.717) is 35.7 Å². The van der Waals surface area contributed by atoms with Gasteiger partial charge in [0, 0.05) is 41.3 Å². The van der Waals surface area contributed by atoms with Crippen molar-refractivity contribution in [3.05, 3.63) is 47.0 Å². The van der Waals surface area contributed by atoms with Crippen molar-refractivity contribution in [1.82, 2.24) is 24.9 Å². The Morgan fingerprint density at radius 1 is 1.20 bits per heavy atom. The van der Waals surface area contributed by atoms with Crippen molar-refractivity contribution < 1.29 is 37.0 Å². The predicted octanol–water partition coefficient (Wildman–Crippen LogP) is 4.24. The van der Waals surface area contributed by atoms with Crippen molar-refractivity contribution in [3.8, 4) is 22.2 Å². The third-order valence-corrected chi connectivity index (χ3v) is 11.2. The molecule has 3 aliphatic rings. The van der Waals surface area contributed by atoms with Crippen LogP contribution < -0.4 is 19.5 Å². The summed E-state index contributed by atoms with van der Waals surface area (Å²) < 4.78 is 44.3. The molecule has 274 valence electrons. The molecule has 2 fully saturated rings. The van der Waals surface area contributed by atoms with Gasteiger partial charge in [-0.2, -0.15) is 0 Å². The zero-order valence-electron chi connectivity index (χ0n) is 29.7. The predicted molar refractivity (Wildman–Crippen MR) is 193 cm³/mol. The molecule has 4 heterocycles. The standard InChI is InChI=1S/C36H45N5O8S2/c1-20(2)27-19-50-33(38-27)26-16-30(25-12-13-29(47-5)21(3)31(25)37-26)49-24-15-28-32(42)39-36(35(44)40-51(6,45)46)17-23(36)11-9-7-8-10-14-48-22(4)34(43)41(28)18-24/h9,11-13,16,19-20,22-24,28H,7-8,10,14-15,17-18H2,1-6H3,(H,39,42)(H,40,44)/b11-9-/t22-,23-,24-,28+,36-/m1/s1. The fraction of sp³-hybridized carbons (Fsp3) is 0.528. The Hall–Kier alpha value is -4.08. The number of thiazole rings is 1. The van der Waals surface area contributed by atoms with E-state index in [2.05, 4.69) is 19.2 Å². The summed E-state index contributed by atoms with van der Waals surface area (Å²) in [5.74, 6) is -0.714. The molecule has 0 radical (unpaired) electrons. The van der Waals surface area contributed by atoms with Crippen molar-refractivity contribution in [3.63, 3.8) is 0 Å². The summed E-state index contributed by atoms with van der Waals surface area (Å²) in [7, 11) is -2.29. The number of hydrogen-bond acceptors (Lipinski definition) is 11. The maximum Gasteiger partial charge on any atom is 0.259 e. The molecule has 2 aromatic heterocycles. The number of nitrogens with zero attached hydrogens (tertiary/aromatic N) is 3. The lowest BCUT2D eigenvalue weighted by atomic mass is 10.1. The van der Waals surface area contributed by atoms with Crippen LogP contribution in [0.25, 0.3) is 21.6 Å². The number of pyridine rings is 1. The van der Waals surface area contributed by atoms with Crippen LogP contribution in [0.4, 0.5) is 0 Å². The van der Waals surface area contributed by atoms with E-state index in [-0.39, 0.29) is 31.2 Å². The van der Waals surface area contributed by atoms with Crippen LogP contribution in [0.15, 0.2) is 35.7 Å². The number of aryl methyl sites for hydroxylation is 1. The average Bonchev–Trinajstić information content (AvgIpc) is 3.37. The van der Waals surface area contributed by atoms with E-state index in [1.807, 2.05) is 47.4 Å². The van der Waals surface area contributed by atoms with Crippen LogP contribution in [-0.4, -0.2) is 91.3 Å². The maximum absolute atomic E-state index is 14.1. The monoisotopic (exact) mass is 739 g/mol. The number of benzene rings is 1. The van der Waals surface area contributed by atoms with Crippen molar-refractivity contribution in [2.45, 2.75) is 89.5 Å². The van der Waals surface area contributed by atoms with Gasteiger partial charge in [-0.05, 0) is 57.6 Å². The van der Waals surface area contributed by atoms with Gasteiger partial charge in [-0.1, -0.05) is 26.0 Å². The number of sulfonamides is 1. The summed E-state index contributed by atoms with van der Waals surface area (Å²) in [6.07, 6.45) is 5.84. The summed E-state index contributed by atoms with van der Waals surface area (Å²) >= 11 is 1.49. The molecule has 3 aromatic rings. The first-order chi connectivity index (χ1) is 24.2. The van der Waals surface area contributed by atoms with Crippen LogP contribution in [0.2, 0.25) is 0 Å². The van der Waals surface area contributed by atoms with Gasteiger partial charge >= 0.3 is 0 Å². The average molecular weight is 740 g/mol. The molecule has 1 saturated carbocycles. The topological polar surface area (TPSA) is 166 Å². The van der Waals surface area contributed by atoms with Crippen molar-refractivity contribution >= 4 is 50.0 Å². The number of ether oxygens (including phenoxy) is 3. The van der Waals surface area contributed by atoms with Gasteiger partial charge in [-0.15, -0.1) is 11.3 Å². The van der Waals surface area contributed by atoms with Crippen LogP contribution >= 0.6 is 11.3 Å². The Bertz CT molecular complexity index is 1980. The van der Waals surface area contributed by atoms with Crippen molar-refractivity contribution in [2.24, 2.45) is 5.92 Å². The van der Waals surface area contributed by atoms with E-state index < -0.39 is 51.5 Å². The van der Waals surface area contributed by atoms with Gasteiger partial charge in [-0.3, -0.25) is 19.1 Å². The smallest absolute Gasteiger partial charge is 0.259 e. The van der Waals surface area contributed by atoms with Crippen LogP contribution in [0.1, 0.15) is 70.1 Å². The summed E-state index contributed by atoms with van der Waals surface area (Å²) in [5.41, 5.74) is 1.63. The van der Waals surface area contributed by atoms with Crippen LogP contribution in [0.5, 0.6) is 11.5 Å². The first-order valence-electron chi connectivity index (χ1n) is 17.2. The van der Waals surface area contributed by atoms with Crippen molar-refractivity contribution in [1.29, 1.82) is 0 Å². The lowest BCUT2D eigenvalue weighted by molar-refractivity contribution is -0.147. The van der Waals surface area contributed by atoms with Crippen LogP contribution in [0, 0.1) is 12.8 Å². The highest BCUT2D eigenvalue weighted by Crippen LogP contribution is 2.46. The molecule has 1 aromatic carbocycles. The molecule has 15 heteroatoms. The van der Waals surface area contributed by atoms with E-state index in [1.54, 1.807) is 14.0 Å². The van der Waals surface area contributed by atoms with E-state index in [9.17, 15) is 22.8 Å². The fourth-order valence-corrected chi connectivity index (χ4v) is 8.22. The molecule has 2 N–H and O–H groups in total. The number of rotatable bonds is 7. The summed E-state index contributed by atoms with van der Waals surface area (Å²) in [5, 5.41) is 6.34. The number of carbonyl (C=O) groups is 3. The molecule has 0 bridgehead atoms. The first-order valence-corrected chi connectivity index (χ1v) is 20.0. The lowest BCUT2D eigenvalue weighted by Crippen LogP contribution is -2.57. The fourth-order valence-electron chi connectivity index (χ4n) is 6.76. The third-order valence-electron chi connectivity index (χ3n) is 9.73. The molecule has 2 aliphatic heterocycles. The summed E-state index contributed by atoms with van der Waals surface area (Å²) in [6, 6.07) is 4.56. The Kier molecular flexibility index (Phi) is 10.4. The van der Waals surface area contributed by atoms with Gasteiger partial charge in [0.05, 0.1) is 31.1 Å². The molecule has 13 nitrogen and oxygen atoms in total. The van der Waals surface area contributed by atoms with Gasteiger partial charge in [0.15, 0.2) is 0 Å². The molecule has 3 amide bonds. The molecular formula is C36H45N5O8S2. The number of amides is 3. The van der Waals surface area contributed by atoms with Crippen molar-refractivity contribution in [2.75, 3.05) is 26.5 Å². The Morgan fingerprint density at radius 2 is 1.98 bits per heavy atom. The number of methoxy groups -OCH3 is 1. The van der Waals surface area contributed by atoms with E-state index in [0.717, 1.165) is 40.7 Å². The largest absolute Gasteiger partial charge is 0.496 e. The highest BCUT2D eigenvalue weighted by Gasteiger charge is 2.61. The maximum atomic E-state index is 14.1. The van der Waals surface area contributed by atoms with Gasteiger partial charge in [-0.25, -0.2) is 18.4 Å². The van der Waals surface area contributed by atoms with Crippen LogP contribution in [-0.2, 0) is 29.1 Å². The second-order valence-electron chi connectivity index (χ2n) is 13.9. The number of hydrogen-bond donors (Lipinski definition) is 2. The molecule has 0 unspecified atom stereocenters. The normalized spacial score (nSPS) is 26.5. The zero-order valence-corrected chi connectivity index (χ0v) is 31.4. The van der Waals surface area contributed by atoms with E-state index in [4.69, 9.17) is 24.2 Å². The second-order valence-corrected chi connectivity index (χ2v) is 16.5. The number of allylic oxidation sites excluding steroid dienone is 1. The molecule has 5 atom stereocenters. The molecular weight excluding hydrogens is 695 g/mol. The second kappa shape index (κ2) is 14.5. The molecule has 1 aliphatic carbocycles. The van der Waals surface area contributed by atoms with E-state index in [1.165, 1.54) is 16.2 Å². The number of carbonyl (C=O) groups excluding carboxylic acids is 3. The minimum absolute atomic E-state index is 0.0829. The highest BCUT2D eigenvalue weighted by atomic mass is 32.2. The Morgan fingerprint density at radius 3 is 2.69 bits per heavy atom. The molecule has 0 spiro atoms. The van der Waals surface area contributed by atoms with Gasteiger partial charge in [0.1, 0.15) is 46.0 Å². The van der Waals surface area contributed by atoms with Gasteiger partial charge < -0.3 is 24.4 Å². The number of nitrogens with one attached hydrogen (secondary N) is 2. The lowest BCUT2D eigenvalue weighted by Gasteiger charge is -2.28. The van der Waals surface area contributed by atoms with E-state index >= 15 is 0 Å². The Balaban J connectivity index is 1.35. The molecule has 1 saturated heterocycles. The minimum Gasteiger partial charge on any atom is -0.496 e. The highest BCUT2D eigenvalue weighted by molar-refractivity contribution is 7.89. The summed E-state index contributed by atoms with van der Waals surface area (Å²) in [6.45, 7) is 8.21. The SMILES string of the molecule is COc1ccc2c(O[C@@H]3C[C@H]4C(=O)N[C@]5(C(=O)NS(C)(=O)=O)C[C@H]5/C=C\CCCCO[C@H](C)C(=O)N4C3)cc(-c3nc(C(C)C)cs3)nc2c1C. The third kappa shape index (κ3) is 7.75. The number of fused-ring (bicyclic) bond motifs is 3. The first kappa shape index (κ1) is 36.7. The molecule has 51 heavy (non-hydrogen) atoms. The minimum atomic E-state index is -3.89. The Labute approximate surface area is 302 Å². The van der Waals surface area contributed by atoms with Gasteiger partial charge in [0.25, 0.3) is 11.8 Å². The number of aromatic nitrogens is 2. The summed E-state index contributed by atoms with van der Waals surface area (Å²) in [4.78, 5) is 52.6.